The Morgan fingerprint density at radius 3 is 2.32 bits per heavy atom. The van der Waals surface area contributed by atoms with Crippen LogP contribution in [0.15, 0.2) is 24.3 Å². The Balaban J connectivity index is 2.05. The third-order valence-corrected chi connectivity index (χ3v) is 4.56. The monoisotopic (exact) mass is 260 g/mol. The first-order chi connectivity index (χ1) is 8.88. The lowest BCUT2D eigenvalue weighted by atomic mass is 9.68. The minimum absolute atomic E-state index is 0.397. The summed E-state index contributed by atoms with van der Waals surface area (Å²) >= 11 is 0. The average Bonchev–Trinajstić information content (AvgIpc) is 2.38. The van der Waals surface area contributed by atoms with Crippen molar-refractivity contribution in [2.45, 2.75) is 52.4 Å². The van der Waals surface area contributed by atoms with Crippen LogP contribution >= 0.6 is 0 Å². The van der Waals surface area contributed by atoms with Gasteiger partial charge in [-0.3, -0.25) is 0 Å². The minimum atomic E-state index is -0.828. The Hall–Kier alpha value is -1.31. The SMILES string of the molecule is CC(C)(C)C1CCC(c2cccc(C(=O)O)c2)CC1. The maximum Gasteiger partial charge on any atom is 0.335 e. The molecule has 0 heterocycles. The third-order valence-electron chi connectivity index (χ3n) is 4.56. The Bertz CT molecular complexity index is 449. The molecule has 0 bridgehead atoms. The average molecular weight is 260 g/mol. The molecule has 1 aromatic rings. The predicted octanol–water partition coefficient (Wildman–Crippen LogP) is 4.70. The van der Waals surface area contributed by atoms with Crippen LogP contribution in [0.3, 0.4) is 0 Å². The second-order valence-electron chi connectivity index (χ2n) is 6.85. The van der Waals surface area contributed by atoms with Gasteiger partial charge in [-0.05, 0) is 60.6 Å². The van der Waals surface area contributed by atoms with E-state index in [2.05, 4.69) is 26.8 Å². The van der Waals surface area contributed by atoms with E-state index < -0.39 is 5.97 Å². The highest BCUT2D eigenvalue weighted by atomic mass is 16.4. The molecule has 0 spiro atoms. The topological polar surface area (TPSA) is 37.3 Å². The van der Waals surface area contributed by atoms with E-state index in [1.807, 2.05) is 12.1 Å². The van der Waals surface area contributed by atoms with Crippen molar-refractivity contribution in [2.24, 2.45) is 11.3 Å². The largest absolute Gasteiger partial charge is 0.478 e. The Morgan fingerprint density at radius 1 is 1.16 bits per heavy atom. The van der Waals surface area contributed by atoms with Crippen LogP contribution in [0.25, 0.3) is 0 Å². The molecule has 1 aliphatic rings. The molecule has 0 aromatic heterocycles. The van der Waals surface area contributed by atoms with Gasteiger partial charge in [0.1, 0.15) is 0 Å². The third kappa shape index (κ3) is 3.37. The quantitative estimate of drug-likeness (QED) is 0.836. The van der Waals surface area contributed by atoms with Crippen LogP contribution in [0, 0.1) is 11.3 Å². The van der Waals surface area contributed by atoms with Gasteiger partial charge in [0.05, 0.1) is 5.56 Å². The number of carboxylic acids is 1. The maximum absolute atomic E-state index is 11.0. The first-order valence-corrected chi connectivity index (χ1v) is 7.21. The van der Waals surface area contributed by atoms with Crippen molar-refractivity contribution in [1.82, 2.24) is 0 Å². The van der Waals surface area contributed by atoms with Gasteiger partial charge in [-0.15, -0.1) is 0 Å². The summed E-state index contributed by atoms with van der Waals surface area (Å²) < 4.78 is 0. The van der Waals surface area contributed by atoms with Crippen molar-refractivity contribution < 1.29 is 9.90 Å². The van der Waals surface area contributed by atoms with E-state index in [0.29, 0.717) is 16.9 Å². The highest BCUT2D eigenvalue weighted by Gasteiger charge is 2.30. The highest BCUT2D eigenvalue weighted by Crippen LogP contribution is 2.43. The predicted molar refractivity (Wildman–Crippen MR) is 77.6 cm³/mol. The van der Waals surface area contributed by atoms with E-state index >= 15 is 0 Å². The number of hydrogen-bond acceptors (Lipinski definition) is 1. The lowest BCUT2D eigenvalue weighted by molar-refractivity contribution is 0.0696. The van der Waals surface area contributed by atoms with Gasteiger partial charge in [0, 0.05) is 0 Å². The Kier molecular flexibility index (Phi) is 3.98. The number of carbonyl (C=O) groups is 1. The number of benzene rings is 1. The summed E-state index contributed by atoms with van der Waals surface area (Å²) in [5, 5.41) is 9.06. The fourth-order valence-corrected chi connectivity index (χ4v) is 3.22. The summed E-state index contributed by atoms with van der Waals surface area (Å²) in [6.07, 6.45) is 4.88. The summed E-state index contributed by atoms with van der Waals surface area (Å²) in [6, 6.07) is 7.47. The van der Waals surface area contributed by atoms with Crippen molar-refractivity contribution in [3.05, 3.63) is 35.4 Å². The maximum atomic E-state index is 11.0. The zero-order chi connectivity index (χ0) is 14.0. The van der Waals surface area contributed by atoms with E-state index in [-0.39, 0.29) is 0 Å². The molecule has 0 unspecified atom stereocenters. The molecule has 0 radical (unpaired) electrons. The number of rotatable bonds is 2. The van der Waals surface area contributed by atoms with Gasteiger partial charge in [0.2, 0.25) is 0 Å². The molecule has 2 nitrogen and oxygen atoms in total. The van der Waals surface area contributed by atoms with Crippen molar-refractivity contribution in [3.8, 4) is 0 Å². The molecule has 1 fully saturated rings. The smallest absolute Gasteiger partial charge is 0.335 e. The second kappa shape index (κ2) is 5.36. The highest BCUT2D eigenvalue weighted by molar-refractivity contribution is 5.87. The summed E-state index contributed by atoms with van der Waals surface area (Å²) in [4.78, 5) is 11.0. The van der Waals surface area contributed by atoms with Gasteiger partial charge >= 0.3 is 5.97 Å². The molecule has 2 rings (SSSR count). The Morgan fingerprint density at radius 2 is 1.79 bits per heavy atom. The Labute approximate surface area is 115 Å². The molecule has 0 saturated heterocycles. The van der Waals surface area contributed by atoms with Crippen molar-refractivity contribution in [3.63, 3.8) is 0 Å². The molecule has 1 aromatic carbocycles. The summed E-state index contributed by atoms with van der Waals surface area (Å²) in [5.74, 6) is 0.509. The number of hydrogen-bond donors (Lipinski definition) is 1. The second-order valence-corrected chi connectivity index (χ2v) is 6.85. The number of aromatic carboxylic acids is 1. The van der Waals surface area contributed by atoms with Gasteiger partial charge in [-0.2, -0.15) is 0 Å². The molecule has 1 saturated carbocycles. The minimum Gasteiger partial charge on any atom is -0.478 e. The number of carboxylic acid groups (broad SMARTS) is 1. The summed E-state index contributed by atoms with van der Waals surface area (Å²) in [5.41, 5.74) is 2.01. The van der Waals surface area contributed by atoms with Crippen LogP contribution in [0.4, 0.5) is 0 Å². The lowest BCUT2D eigenvalue weighted by Crippen LogP contribution is -2.25. The zero-order valence-corrected chi connectivity index (χ0v) is 12.1. The molecule has 19 heavy (non-hydrogen) atoms. The lowest BCUT2D eigenvalue weighted by Gasteiger charge is -2.37. The summed E-state index contributed by atoms with van der Waals surface area (Å²) in [6.45, 7) is 6.97. The van der Waals surface area contributed by atoms with Crippen LogP contribution in [-0.2, 0) is 0 Å². The summed E-state index contributed by atoms with van der Waals surface area (Å²) in [7, 11) is 0. The van der Waals surface area contributed by atoms with E-state index in [1.165, 1.54) is 31.2 Å². The van der Waals surface area contributed by atoms with Crippen LogP contribution in [0.2, 0.25) is 0 Å². The fraction of sp³-hybridized carbons (Fsp3) is 0.588. The first kappa shape index (κ1) is 14.1. The van der Waals surface area contributed by atoms with E-state index in [9.17, 15) is 4.79 Å². The van der Waals surface area contributed by atoms with Gasteiger partial charge < -0.3 is 5.11 Å². The van der Waals surface area contributed by atoms with Gasteiger partial charge in [-0.1, -0.05) is 32.9 Å². The van der Waals surface area contributed by atoms with Crippen LogP contribution in [-0.4, -0.2) is 11.1 Å². The molecule has 0 atom stereocenters. The molecular weight excluding hydrogens is 236 g/mol. The molecule has 0 amide bonds. The molecular formula is C17H24O2. The van der Waals surface area contributed by atoms with E-state index in [0.717, 1.165) is 5.92 Å². The van der Waals surface area contributed by atoms with Crippen molar-refractivity contribution in [1.29, 1.82) is 0 Å². The molecule has 0 aliphatic heterocycles. The van der Waals surface area contributed by atoms with E-state index in [4.69, 9.17) is 5.11 Å². The standard InChI is InChI=1S/C17H24O2/c1-17(2,3)15-9-7-12(8-10-15)13-5-4-6-14(11-13)16(18)19/h4-6,11-12,15H,7-10H2,1-3H3,(H,18,19). The molecule has 1 N–H and O–H groups in total. The normalized spacial score (nSPS) is 24.2. The van der Waals surface area contributed by atoms with Crippen LogP contribution in [0.1, 0.15) is 68.3 Å². The van der Waals surface area contributed by atoms with Crippen molar-refractivity contribution >= 4 is 5.97 Å². The van der Waals surface area contributed by atoms with Gasteiger partial charge in [-0.25, -0.2) is 4.79 Å². The van der Waals surface area contributed by atoms with Gasteiger partial charge in [0.25, 0.3) is 0 Å². The molecule has 1 aliphatic carbocycles. The first-order valence-electron chi connectivity index (χ1n) is 7.21. The van der Waals surface area contributed by atoms with Crippen molar-refractivity contribution in [2.75, 3.05) is 0 Å². The van der Waals surface area contributed by atoms with E-state index in [1.54, 1.807) is 6.07 Å². The molecule has 2 heteroatoms. The zero-order valence-electron chi connectivity index (χ0n) is 12.1. The molecule has 104 valence electrons. The fourth-order valence-electron chi connectivity index (χ4n) is 3.22. The van der Waals surface area contributed by atoms with Gasteiger partial charge in [0.15, 0.2) is 0 Å². The van der Waals surface area contributed by atoms with Crippen LogP contribution < -0.4 is 0 Å². The van der Waals surface area contributed by atoms with Crippen LogP contribution in [0.5, 0.6) is 0 Å².